The van der Waals surface area contributed by atoms with E-state index in [1.54, 1.807) is 30.6 Å². The molecule has 3 aliphatic rings. The van der Waals surface area contributed by atoms with Crippen molar-refractivity contribution in [1.82, 2.24) is 25.0 Å². The molecular formula is C27H32FN5O3. The minimum Gasteiger partial charge on any atom is -0.341 e. The smallest absolute Gasteiger partial charge is 0.325 e. The number of nitrogens with zero attached hydrogens (tertiary/aromatic N) is 4. The average Bonchev–Trinajstić information content (AvgIpc) is 3.16. The third-order valence-corrected chi connectivity index (χ3v) is 7.98. The number of aromatic nitrogens is 1. The Kier molecular flexibility index (Phi) is 6.75. The summed E-state index contributed by atoms with van der Waals surface area (Å²) in [6, 6.07) is 8.81. The Morgan fingerprint density at radius 3 is 2.50 bits per heavy atom. The maximum Gasteiger partial charge on any atom is 0.325 e. The van der Waals surface area contributed by atoms with E-state index in [1.165, 1.54) is 17.0 Å². The Balaban J connectivity index is 1.37. The molecule has 3 aliphatic heterocycles. The molecule has 0 aliphatic carbocycles. The van der Waals surface area contributed by atoms with Crippen LogP contribution in [0.25, 0.3) is 0 Å². The third kappa shape index (κ3) is 4.36. The molecule has 3 fully saturated rings. The fourth-order valence-corrected chi connectivity index (χ4v) is 5.95. The van der Waals surface area contributed by atoms with Gasteiger partial charge in [0.1, 0.15) is 5.82 Å². The van der Waals surface area contributed by atoms with Crippen molar-refractivity contribution in [3.8, 4) is 0 Å². The van der Waals surface area contributed by atoms with Crippen molar-refractivity contribution < 1.29 is 18.8 Å². The minimum absolute atomic E-state index is 0.0539. The maximum absolute atomic E-state index is 14.0. The maximum atomic E-state index is 14.0. The van der Waals surface area contributed by atoms with Gasteiger partial charge in [0.05, 0.1) is 12.6 Å². The van der Waals surface area contributed by atoms with Crippen LogP contribution in [0.2, 0.25) is 0 Å². The van der Waals surface area contributed by atoms with E-state index >= 15 is 0 Å². The highest BCUT2D eigenvalue weighted by Gasteiger charge is 2.57. The van der Waals surface area contributed by atoms with Crippen molar-refractivity contribution in [1.29, 1.82) is 0 Å². The number of carbonyl (C=O) groups is 3. The van der Waals surface area contributed by atoms with Crippen molar-refractivity contribution in [3.63, 3.8) is 0 Å². The number of hydrogen-bond acceptors (Lipinski definition) is 5. The zero-order chi connectivity index (χ0) is 25.3. The number of hydrogen-bond donors (Lipinski definition) is 1. The van der Waals surface area contributed by atoms with Gasteiger partial charge >= 0.3 is 6.03 Å². The van der Waals surface area contributed by atoms with Gasteiger partial charge in [0, 0.05) is 31.0 Å². The standard InChI is InChI=1S/C27H32FN5O3/c1-31-14-3-2-6-23(31)24(34)32-15-11-20(12-16-32)27(21-5-4-13-29-17-21)25(35)33(26(36)30-27)18-19-7-9-22(28)10-8-19/h4-5,7-10,13,17,20,23H,2-3,6,11-12,14-16,18H2,1H3,(H,30,36)/t23-,27+/m1/s1. The summed E-state index contributed by atoms with van der Waals surface area (Å²) in [6.45, 7) is 2.06. The number of amides is 4. The predicted molar refractivity (Wildman–Crippen MR) is 131 cm³/mol. The van der Waals surface area contributed by atoms with E-state index < -0.39 is 11.6 Å². The second-order valence-electron chi connectivity index (χ2n) is 10.1. The number of likely N-dealkylation sites (N-methyl/N-ethyl adjacent to an activating group) is 1. The highest BCUT2D eigenvalue weighted by molar-refractivity contribution is 6.07. The fourth-order valence-electron chi connectivity index (χ4n) is 5.95. The summed E-state index contributed by atoms with van der Waals surface area (Å²) in [7, 11) is 2.01. The lowest BCUT2D eigenvalue weighted by atomic mass is 9.73. The van der Waals surface area contributed by atoms with Crippen molar-refractivity contribution in [3.05, 3.63) is 65.7 Å². The van der Waals surface area contributed by atoms with Crippen molar-refractivity contribution in [2.45, 2.75) is 50.2 Å². The second kappa shape index (κ2) is 9.97. The van der Waals surface area contributed by atoms with Crippen LogP contribution in [-0.4, -0.2) is 70.3 Å². The number of carbonyl (C=O) groups excluding carboxylic acids is 3. The molecule has 1 aromatic heterocycles. The molecule has 36 heavy (non-hydrogen) atoms. The normalized spacial score (nSPS) is 25.8. The van der Waals surface area contributed by atoms with Gasteiger partial charge in [-0.2, -0.15) is 0 Å². The SMILES string of the molecule is CN1CCCC[C@@H]1C(=O)N1CCC([C@@]2(c3cccnc3)NC(=O)N(Cc3ccc(F)cc3)C2=O)CC1. The van der Waals surface area contributed by atoms with Crippen LogP contribution in [0.3, 0.4) is 0 Å². The van der Waals surface area contributed by atoms with Gasteiger partial charge in [0.25, 0.3) is 5.91 Å². The summed E-state index contributed by atoms with van der Waals surface area (Å²) in [5.74, 6) is -0.738. The van der Waals surface area contributed by atoms with Gasteiger partial charge in [-0.05, 0) is 69.0 Å². The molecule has 1 N–H and O–H groups in total. The number of imide groups is 1. The number of urea groups is 1. The van der Waals surface area contributed by atoms with Crippen LogP contribution in [0.5, 0.6) is 0 Å². The van der Waals surface area contributed by atoms with E-state index in [1.807, 2.05) is 18.0 Å². The number of rotatable bonds is 5. The van der Waals surface area contributed by atoms with E-state index in [2.05, 4.69) is 15.2 Å². The first-order valence-electron chi connectivity index (χ1n) is 12.7. The van der Waals surface area contributed by atoms with E-state index in [-0.39, 0.29) is 36.1 Å². The molecule has 1 aromatic carbocycles. The summed E-state index contributed by atoms with van der Waals surface area (Å²) in [5, 5.41) is 3.01. The molecule has 0 saturated carbocycles. The first kappa shape index (κ1) is 24.4. The monoisotopic (exact) mass is 493 g/mol. The third-order valence-electron chi connectivity index (χ3n) is 7.98. The van der Waals surface area contributed by atoms with E-state index in [4.69, 9.17) is 0 Å². The number of pyridine rings is 1. The molecule has 0 bridgehead atoms. The van der Waals surface area contributed by atoms with Gasteiger partial charge in [-0.3, -0.25) is 24.4 Å². The van der Waals surface area contributed by atoms with Crippen LogP contribution in [0.15, 0.2) is 48.8 Å². The molecule has 0 unspecified atom stereocenters. The topological polar surface area (TPSA) is 85.8 Å². The first-order valence-corrected chi connectivity index (χ1v) is 12.7. The predicted octanol–water partition coefficient (Wildman–Crippen LogP) is 2.89. The molecule has 2 aromatic rings. The highest BCUT2D eigenvalue weighted by atomic mass is 19.1. The minimum atomic E-state index is -1.25. The zero-order valence-electron chi connectivity index (χ0n) is 20.5. The molecule has 5 rings (SSSR count). The van der Waals surface area contributed by atoms with E-state index in [9.17, 15) is 18.8 Å². The summed E-state index contributed by atoms with van der Waals surface area (Å²) in [4.78, 5) is 49.8. The first-order chi connectivity index (χ1) is 17.4. The molecule has 4 heterocycles. The molecule has 0 radical (unpaired) electrons. The second-order valence-corrected chi connectivity index (χ2v) is 10.1. The van der Waals surface area contributed by atoms with Crippen LogP contribution in [0.4, 0.5) is 9.18 Å². The van der Waals surface area contributed by atoms with Crippen LogP contribution >= 0.6 is 0 Å². The number of nitrogens with one attached hydrogen (secondary N) is 1. The van der Waals surface area contributed by atoms with Crippen molar-refractivity contribution >= 4 is 17.8 Å². The van der Waals surface area contributed by atoms with Crippen LogP contribution in [0.1, 0.15) is 43.2 Å². The van der Waals surface area contributed by atoms with Gasteiger partial charge in [-0.25, -0.2) is 9.18 Å². The molecule has 8 nitrogen and oxygen atoms in total. The Morgan fingerprint density at radius 2 is 1.83 bits per heavy atom. The largest absolute Gasteiger partial charge is 0.341 e. The van der Waals surface area contributed by atoms with E-state index in [0.717, 1.165) is 25.8 Å². The summed E-state index contributed by atoms with van der Waals surface area (Å²) < 4.78 is 13.4. The molecule has 9 heteroatoms. The lowest BCUT2D eigenvalue weighted by Gasteiger charge is -2.43. The summed E-state index contributed by atoms with van der Waals surface area (Å²) >= 11 is 0. The molecule has 2 atom stereocenters. The summed E-state index contributed by atoms with van der Waals surface area (Å²) in [5.41, 5.74) is 0.0583. The molecule has 0 spiro atoms. The number of likely N-dealkylation sites (tertiary alicyclic amines) is 2. The van der Waals surface area contributed by atoms with Crippen molar-refractivity contribution in [2.24, 2.45) is 5.92 Å². The number of halogens is 1. The van der Waals surface area contributed by atoms with Crippen molar-refractivity contribution in [2.75, 3.05) is 26.7 Å². The Bertz CT molecular complexity index is 1120. The fraction of sp³-hybridized carbons (Fsp3) is 0.481. The average molecular weight is 494 g/mol. The van der Waals surface area contributed by atoms with E-state index in [0.29, 0.717) is 37.1 Å². The molecular weight excluding hydrogens is 461 g/mol. The van der Waals surface area contributed by atoms with Crippen LogP contribution in [0, 0.1) is 11.7 Å². The number of benzene rings is 1. The quantitative estimate of drug-likeness (QED) is 0.648. The highest BCUT2D eigenvalue weighted by Crippen LogP contribution is 2.42. The van der Waals surface area contributed by atoms with Gasteiger partial charge in [-0.15, -0.1) is 0 Å². The number of piperidine rings is 2. The van der Waals surface area contributed by atoms with Crippen LogP contribution < -0.4 is 5.32 Å². The zero-order valence-corrected chi connectivity index (χ0v) is 20.5. The molecule has 3 saturated heterocycles. The van der Waals surface area contributed by atoms with Gasteiger partial charge < -0.3 is 10.2 Å². The molecule has 4 amide bonds. The Labute approximate surface area is 210 Å². The summed E-state index contributed by atoms with van der Waals surface area (Å²) in [6.07, 6.45) is 7.51. The van der Waals surface area contributed by atoms with Gasteiger partial charge in [0.2, 0.25) is 5.91 Å². The van der Waals surface area contributed by atoms with Crippen LogP contribution in [-0.2, 0) is 21.7 Å². The Hall–Kier alpha value is -3.33. The lowest BCUT2D eigenvalue weighted by molar-refractivity contribution is -0.140. The molecule has 190 valence electrons. The van der Waals surface area contributed by atoms with Gasteiger partial charge in [0.15, 0.2) is 5.54 Å². The Morgan fingerprint density at radius 1 is 1.08 bits per heavy atom. The van der Waals surface area contributed by atoms with Gasteiger partial charge in [-0.1, -0.05) is 24.6 Å². The lowest BCUT2D eigenvalue weighted by Crippen LogP contribution is -2.56.